The summed E-state index contributed by atoms with van der Waals surface area (Å²) in [6, 6.07) is -0.113. The molecule has 1 saturated heterocycles. The van der Waals surface area contributed by atoms with Crippen LogP contribution in [0.3, 0.4) is 0 Å². The summed E-state index contributed by atoms with van der Waals surface area (Å²) < 4.78 is 10.0. The third kappa shape index (κ3) is 5.14. The van der Waals surface area contributed by atoms with Gasteiger partial charge in [-0.25, -0.2) is 0 Å². The van der Waals surface area contributed by atoms with Crippen molar-refractivity contribution in [2.75, 3.05) is 13.2 Å². The molecule has 0 aliphatic carbocycles. The molecule has 15 heavy (non-hydrogen) atoms. The summed E-state index contributed by atoms with van der Waals surface area (Å²) in [6.07, 6.45) is 1.08. The molecule has 0 bridgehead atoms. The SMILES string of the molecule is CC(C)(C)CC(N)CC(=O)OC1COC1. The normalized spacial score (nSPS) is 19.5. The Kier molecular flexibility index (Phi) is 4.11. The molecule has 0 amide bonds. The minimum absolute atomic E-state index is 0.0423. The van der Waals surface area contributed by atoms with Gasteiger partial charge in [-0.05, 0) is 11.8 Å². The van der Waals surface area contributed by atoms with Crippen LogP contribution in [0, 0.1) is 5.41 Å². The van der Waals surface area contributed by atoms with Gasteiger partial charge in [0, 0.05) is 6.04 Å². The number of esters is 1. The van der Waals surface area contributed by atoms with Crippen LogP contribution in [0.2, 0.25) is 0 Å². The van der Waals surface area contributed by atoms with E-state index in [9.17, 15) is 4.79 Å². The van der Waals surface area contributed by atoms with Crippen molar-refractivity contribution in [3.05, 3.63) is 0 Å². The maximum Gasteiger partial charge on any atom is 0.307 e. The number of carbonyl (C=O) groups is 1. The van der Waals surface area contributed by atoms with Gasteiger partial charge in [-0.3, -0.25) is 4.79 Å². The van der Waals surface area contributed by atoms with Crippen molar-refractivity contribution in [3.8, 4) is 0 Å². The Hall–Kier alpha value is -0.610. The average Bonchev–Trinajstić information content (AvgIpc) is 1.92. The van der Waals surface area contributed by atoms with Crippen molar-refractivity contribution < 1.29 is 14.3 Å². The smallest absolute Gasteiger partial charge is 0.307 e. The number of ether oxygens (including phenoxy) is 2. The van der Waals surface area contributed by atoms with Gasteiger partial charge in [-0.15, -0.1) is 0 Å². The number of carbonyl (C=O) groups excluding carboxylic acids is 1. The minimum Gasteiger partial charge on any atom is -0.457 e. The fourth-order valence-corrected chi connectivity index (χ4v) is 1.59. The van der Waals surface area contributed by atoms with E-state index >= 15 is 0 Å². The van der Waals surface area contributed by atoms with Crippen LogP contribution in [0.25, 0.3) is 0 Å². The fourth-order valence-electron chi connectivity index (χ4n) is 1.59. The molecule has 0 aromatic rings. The second kappa shape index (κ2) is 4.94. The van der Waals surface area contributed by atoms with Crippen molar-refractivity contribution in [1.82, 2.24) is 0 Å². The van der Waals surface area contributed by atoms with Crippen LogP contribution in [-0.2, 0) is 14.3 Å². The maximum absolute atomic E-state index is 11.4. The lowest BCUT2D eigenvalue weighted by atomic mass is 9.87. The summed E-state index contributed by atoms with van der Waals surface area (Å²) in [5.74, 6) is -0.208. The summed E-state index contributed by atoms with van der Waals surface area (Å²) in [5, 5.41) is 0. The average molecular weight is 215 g/mol. The third-order valence-electron chi connectivity index (χ3n) is 2.21. The van der Waals surface area contributed by atoms with Crippen molar-refractivity contribution in [1.29, 1.82) is 0 Å². The molecule has 88 valence electrons. The summed E-state index contributed by atoms with van der Waals surface area (Å²) in [4.78, 5) is 11.4. The Morgan fingerprint density at radius 1 is 1.53 bits per heavy atom. The molecule has 1 aliphatic heterocycles. The molecule has 1 heterocycles. The molecule has 1 atom stereocenters. The Morgan fingerprint density at radius 3 is 2.53 bits per heavy atom. The lowest BCUT2D eigenvalue weighted by Crippen LogP contribution is -2.39. The molecular formula is C11H21NO3. The molecule has 2 N–H and O–H groups in total. The van der Waals surface area contributed by atoms with E-state index in [4.69, 9.17) is 15.2 Å². The zero-order valence-electron chi connectivity index (χ0n) is 9.79. The van der Waals surface area contributed by atoms with Crippen molar-refractivity contribution >= 4 is 5.97 Å². The van der Waals surface area contributed by atoms with E-state index < -0.39 is 0 Å². The molecule has 1 aliphatic rings. The van der Waals surface area contributed by atoms with Gasteiger partial charge in [-0.1, -0.05) is 20.8 Å². The second-order valence-electron chi connectivity index (χ2n) is 5.38. The molecule has 1 rings (SSSR count). The predicted molar refractivity (Wildman–Crippen MR) is 57.4 cm³/mol. The lowest BCUT2D eigenvalue weighted by Gasteiger charge is -2.27. The molecule has 0 aromatic heterocycles. The third-order valence-corrected chi connectivity index (χ3v) is 2.21. The van der Waals surface area contributed by atoms with Crippen molar-refractivity contribution in [2.45, 2.75) is 45.8 Å². The van der Waals surface area contributed by atoms with Crippen LogP contribution in [-0.4, -0.2) is 31.3 Å². The van der Waals surface area contributed by atoms with E-state index in [2.05, 4.69) is 20.8 Å². The number of nitrogens with two attached hydrogens (primary N) is 1. The van der Waals surface area contributed by atoms with E-state index in [1.54, 1.807) is 0 Å². The van der Waals surface area contributed by atoms with Gasteiger partial charge in [0.1, 0.15) is 6.10 Å². The van der Waals surface area contributed by atoms with Gasteiger partial charge in [0.25, 0.3) is 0 Å². The first kappa shape index (κ1) is 12.5. The number of hydrogen-bond acceptors (Lipinski definition) is 4. The van der Waals surface area contributed by atoms with Gasteiger partial charge in [-0.2, -0.15) is 0 Å². The molecule has 4 nitrogen and oxygen atoms in total. The monoisotopic (exact) mass is 215 g/mol. The Bertz CT molecular complexity index is 218. The molecule has 1 fully saturated rings. The largest absolute Gasteiger partial charge is 0.457 e. The Labute approximate surface area is 91.1 Å². The van der Waals surface area contributed by atoms with Gasteiger partial charge in [0.15, 0.2) is 0 Å². The Balaban J connectivity index is 2.18. The zero-order valence-corrected chi connectivity index (χ0v) is 9.79. The van der Waals surface area contributed by atoms with Crippen LogP contribution in [0.15, 0.2) is 0 Å². The van der Waals surface area contributed by atoms with Crippen LogP contribution in [0.5, 0.6) is 0 Å². The van der Waals surface area contributed by atoms with Gasteiger partial charge < -0.3 is 15.2 Å². The summed E-state index contributed by atoms with van der Waals surface area (Å²) >= 11 is 0. The summed E-state index contributed by atoms with van der Waals surface area (Å²) in [7, 11) is 0. The minimum atomic E-state index is -0.208. The highest BCUT2D eigenvalue weighted by Gasteiger charge is 2.24. The highest BCUT2D eigenvalue weighted by molar-refractivity contribution is 5.70. The molecule has 0 radical (unpaired) electrons. The highest BCUT2D eigenvalue weighted by atomic mass is 16.6. The van der Waals surface area contributed by atoms with E-state index in [0.717, 1.165) is 6.42 Å². The quantitative estimate of drug-likeness (QED) is 0.713. The van der Waals surface area contributed by atoms with Gasteiger partial charge >= 0.3 is 5.97 Å². The molecule has 1 unspecified atom stereocenters. The summed E-state index contributed by atoms with van der Waals surface area (Å²) in [6.45, 7) is 7.38. The topological polar surface area (TPSA) is 61.6 Å². The van der Waals surface area contributed by atoms with E-state index in [1.807, 2.05) is 0 Å². The number of rotatable bonds is 4. The van der Waals surface area contributed by atoms with Crippen LogP contribution >= 0.6 is 0 Å². The zero-order chi connectivity index (χ0) is 11.5. The predicted octanol–water partition coefficient (Wildman–Crippen LogP) is 1.08. The first-order valence-corrected chi connectivity index (χ1v) is 5.39. The first-order valence-electron chi connectivity index (χ1n) is 5.39. The van der Waals surface area contributed by atoms with Crippen LogP contribution in [0.4, 0.5) is 0 Å². The fraction of sp³-hybridized carbons (Fsp3) is 0.909. The Morgan fingerprint density at radius 2 is 2.13 bits per heavy atom. The standard InChI is InChI=1S/C11H21NO3/c1-11(2,3)5-8(12)4-10(13)15-9-6-14-7-9/h8-9H,4-7,12H2,1-3H3. The number of hydrogen-bond donors (Lipinski definition) is 1. The first-order chi connectivity index (χ1) is 6.87. The molecule has 4 heteroatoms. The van der Waals surface area contributed by atoms with Crippen molar-refractivity contribution in [3.63, 3.8) is 0 Å². The van der Waals surface area contributed by atoms with E-state index in [-0.39, 0.29) is 23.5 Å². The lowest BCUT2D eigenvalue weighted by molar-refractivity contribution is -0.172. The van der Waals surface area contributed by atoms with Gasteiger partial charge in [0.2, 0.25) is 0 Å². The van der Waals surface area contributed by atoms with Crippen molar-refractivity contribution in [2.24, 2.45) is 11.1 Å². The summed E-state index contributed by atoms with van der Waals surface area (Å²) in [5.41, 5.74) is 6.02. The van der Waals surface area contributed by atoms with Crippen LogP contribution in [0.1, 0.15) is 33.6 Å². The molecule has 0 saturated carbocycles. The second-order valence-corrected chi connectivity index (χ2v) is 5.38. The molecule has 0 spiro atoms. The highest BCUT2D eigenvalue weighted by Crippen LogP contribution is 2.21. The molecule has 0 aromatic carbocycles. The van der Waals surface area contributed by atoms with Gasteiger partial charge in [0.05, 0.1) is 19.6 Å². The van der Waals surface area contributed by atoms with Crippen LogP contribution < -0.4 is 5.73 Å². The molecular weight excluding hydrogens is 194 g/mol. The maximum atomic E-state index is 11.4. The van der Waals surface area contributed by atoms with E-state index in [0.29, 0.717) is 19.6 Å². The van der Waals surface area contributed by atoms with E-state index in [1.165, 1.54) is 0 Å².